The van der Waals surface area contributed by atoms with E-state index in [2.05, 4.69) is 16.5 Å². The zero-order chi connectivity index (χ0) is 6.10. The van der Waals surface area contributed by atoms with Gasteiger partial charge in [-0.2, -0.15) is 5.48 Å². The van der Waals surface area contributed by atoms with Gasteiger partial charge in [-0.05, 0) is 6.42 Å². The Kier molecular flexibility index (Phi) is 1.02. The number of fused-ring (bicyclic) bond motifs is 1. The Bertz CT molecular complexity index is 174. The van der Waals surface area contributed by atoms with Gasteiger partial charge in [-0.3, -0.25) is 0 Å². The minimum absolute atomic E-state index is 0.495. The summed E-state index contributed by atoms with van der Waals surface area (Å²) in [5.74, 6) is 1.34. The maximum Gasteiger partial charge on any atom is 0.218 e. The number of nitrogens with one attached hydrogen (secondary N) is 1. The van der Waals surface area contributed by atoms with Crippen molar-refractivity contribution < 1.29 is 4.84 Å². The van der Waals surface area contributed by atoms with Crippen LogP contribution in [0.25, 0.3) is 0 Å². The van der Waals surface area contributed by atoms with Gasteiger partial charge in [0.25, 0.3) is 0 Å². The van der Waals surface area contributed by atoms with Crippen molar-refractivity contribution in [2.45, 2.75) is 6.42 Å². The molecule has 3 heteroatoms. The van der Waals surface area contributed by atoms with Crippen LogP contribution in [-0.4, -0.2) is 12.4 Å². The number of hydrogen-bond acceptors (Lipinski definition) is 3. The van der Waals surface area contributed by atoms with Crippen LogP contribution in [0.4, 0.5) is 0 Å². The van der Waals surface area contributed by atoms with Gasteiger partial charge >= 0.3 is 0 Å². The maximum absolute atomic E-state index is 5.01. The van der Waals surface area contributed by atoms with E-state index in [1.54, 1.807) is 6.20 Å². The molecule has 1 N–H and O–H groups in total. The zero-order valence-corrected chi connectivity index (χ0v) is 5.00. The Balaban J connectivity index is 2.23. The molecule has 0 aromatic carbocycles. The molecule has 3 nitrogen and oxygen atoms in total. The highest BCUT2D eigenvalue weighted by Crippen LogP contribution is 2.15. The summed E-state index contributed by atoms with van der Waals surface area (Å²) in [7, 11) is 0. The van der Waals surface area contributed by atoms with Gasteiger partial charge in [-0.15, -0.1) is 0 Å². The van der Waals surface area contributed by atoms with E-state index in [0.717, 1.165) is 18.9 Å². The summed E-state index contributed by atoms with van der Waals surface area (Å²) in [5, 5.41) is 0. The smallest absolute Gasteiger partial charge is 0.218 e. The predicted octanol–water partition coefficient (Wildman–Crippen LogP) is 0.453. The minimum Gasteiger partial charge on any atom is -0.393 e. The molecule has 1 fully saturated rings. The Morgan fingerprint density at radius 2 is 2.78 bits per heavy atom. The third kappa shape index (κ3) is 0.733. The molecule has 0 radical (unpaired) electrons. The lowest BCUT2D eigenvalue weighted by atomic mass is 10.1. The Labute approximate surface area is 53.4 Å². The molecule has 9 heavy (non-hydrogen) atoms. The molecular formula is C6H8N2O. The number of rotatable bonds is 0. The molecule has 0 aromatic heterocycles. The van der Waals surface area contributed by atoms with E-state index in [9.17, 15) is 0 Å². The Morgan fingerprint density at radius 3 is 3.67 bits per heavy atom. The number of nitrogens with zero attached hydrogens (tertiary/aromatic N) is 1. The second-order valence-corrected chi connectivity index (χ2v) is 2.24. The first-order chi connectivity index (χ1) is 4.47. The van der Waals surface area contributed by atoms with Gasteiger partial charge in [-0.1, -0.05) is 6.08 Å². The topological polar surface area (TPSA) is 33.6 Å². The van der Waals surface area contributed by atoms with E-state index in [1.807, 2.05) is 0 Å². The van der Waals surface area contributed by atoms with Crippen molar-refractivity contribution in [3.63, 3.8) is 0 Å². The van der Waals surface area contributed by atoms with Crippen molar-refractivity contribution in [2.75, 3.05) is 6.54 Å². The van der Waals surface area contributed by atoms with E-state index in [-0.39, 0.29) is 0 Å². The van der Waals surface area contributed by atoms with Gasteiger partial charge in [0.2, 0.25) is 5.90 Å². The monoisotopic (exact) mass is 124 g/mol. The van der Waals surface area contributed by atoms with Gasteiger partial charge in [0, 0.05) is 12.7 Å². The second-order valence-electron chi connectivity index (χ2n) is 2.24. The predicted molar refractivity (Wildman–Crippen MR) is 33.8 cm³/mol. The fourth-order valence-electron chi connectivity index (χ4n) is 1.05. The van der Waals surface area contributed by atoms with Gasteiger partial charge in [0.1, 0.15) is 0 Å². The van der Waals surface area contributed by atoms with Crippen LogP contribution in [0.3, 0.4) is 0 Å². The van der Waals surface area contributed by atoms with E-state index in [4.69, 9.17) is 4.84 Å². The summed E-state index contributed by atoms with van der Waals surface area (Å²) in [6, 6.07) is 0. The van der Waals surface area contributed by atoms with Gasteiger partial charge in [0.15, 0.2) is 0 Å². The van der Waals surface area contributed by atoms with E-state index < -0.39 is 0 Å². The van der Waals surface area contributed by atoms with Crippen LogP contribution in [0.15, 0.2) is 17.3 Å². The van der Waals surface area contributed by atoms with Gasteiger partial charge in [-0.25, -0.2) is 4.99 Å². The maximum atomic E-state index is 5.01. The van der Waals surface area contributed by atoms with Gasteiger partial charge < -0.3 is 4.84 Å². The van der Waals surface area contributed by atoms with Crippen molar-refractivity contribution in [3.05, 3.63) is 12.3 Å². The molecule has 0 aromatic rings. The number of allylic oxidation sites excluding steroid dienone is 1. The molecule has 0 amide bonds. The molecular weight excluding hydrogens is 116 g/mol. The second kappa shape index (κ2) is 1.84. The van der Waals surface area contributed by atoms with E-state index >= 15 is 0 Å². The van der Waals surface area contributed by atoms with Crippen molar-refractivity contribution in [3.8, 4) is 0 Å². The van der Waals surface area contributed by atoms with Gasteiger partial charge in [0.05, 0.1) is 5.92 Å². The fraction of sp³-hybridized carbons (Fsp3) is 0.500. The lowest BCUT2D eigenvalue weighted by Crippen LogP contribution is -2.11. The van der Waals surface area contributed by atoms with Crippen LogP contribution in [-0.2, 0) is 4.84 Å². The lowest BCUT2D eigenvalue weighted by molar-refractivity contribution is 0.221. The molecule has 0 aliphatic carbocycles. The lowest BCUT2D eigenvalue weighted by Gasteiger charge is -2.05. The van der Waals surface area contributed by atoms with Crippen LogP contribution < -0.4 is 5.48 Å². The summed E-state index contributed by atoms with van der Waals surface area (Å²) in [4.78, 5) is 9.05. The van der Waals surface area contributed by atoms with Crippen LogP contribution in [0.5, 0.6) is 0 Å². The van der Waals surface area contributed by atoms with E-state index in [0.29, 0.717) is 5.92 Å². The third-order valence-corrected chi connectivity index (χ3v) is 1.58. The average molecular weight is 124 g/mol. The van der Waals surface area contributed by atoms with Crippen molar-refractivity contribution >= 4 is 5.90 Å². The zero-order valence-electron chi connectivity index (χ0n) is 5.00. The Hall–Kier alpha value is -0.830. The van der Waals surface area contributed by atoms with Crippen LogP contribution in [0.1, 0.15) is 6.42 Å². The normalized spacial score (nSPS) is 31.1. The van der Waals surface area contributed by atoms with Crippen molar-refractivity contribution in [2.24, 2.45) is 10.9 Å². The molecule has 1 unspecified atom stereocenters. The fourth-order valence-corrected chi connectivity index (χ4v) is 1.05. The minimum atomic E-state index is 0.495. The third-order valence-electron chi connectivity index (χ3n) is 1.58. The molecule has 2 heterocycles. The number of aliphatic imine (C=N–C) groups is 1. The summed E-state index contributed by atoms with van der Waals surface area (Å²) < 4.78 is 0. The largest absolute Gasteiger partial charge is 0.393 e. The molecule has 0 spiro atoms. The first-order valence-electron chi connectivity index (χ1n) is 3.09. The van der Waals surface area contributed by atoms with Crippen molar-refractivity contribution in [1.82, 2.24) is 5.48 Å². The first kappa shape index (κ1) is 4.99. The van der Waals surface area contributed by atoms with E-state index in [1.165, 1.54) is 0 Å². The molecule has 48 valence electrons. The van der Waals surface area contributed by atoms with Crippen LogP contribution >= 0.6 is 0 Å². The quantitative estimate of drug-likeness (QED) is 0.508. The average Bonchev–Trinajstić information content (AvgIpc) is 2.33. The summed E-state index contributed by atoms with van der Waals surface area (Å²) in [6.45, 7) is 0.906. The molecule has 1 saturated heterocycles. The summed E-state index contributed by atoms with van der Waals surface area (Å²) >= 11 is 0. The highest BCUT2D eigenvalue weighted by molar-refractivity contribution is 5.81. The molecule has 1 atom stereocenters. The molecule has 2 aliphatic heterocycles. The molecule has 0 saturated carbocycles. The molecule has 2 aliphatic rings. The summed E-state index contributed by atoms with van der Waals surface area (Å²) in [5.41, 5.74) is 2.79. The molecule has 0 bridgehead atoms. The van der Waals surface area contributed by atoms with Crippen molar-refractivity contribution in [1.29, 1.82) is 0 Å². The Morgan fingerprint density at radius 1 is 1.78 bits per heavy atom. The number of hydroxylamine groups is 1. The summed E-state index contributed by atoms with van der Waals surface area (Å²) in [6.07, 6.45) is 4.91. The standard InChI is InChI=1S/C6H8N2O/c1-2-5-4-8-9-6(5)7-3-1/h1,3,5,8H,2,4H2. The highest BCUT2D eigenvalue weighted by atomic mass is 16.7. The van der Waals surface area contributed by atoms with Crippen LogP contribution in [0.2, 0.25) is 0 Å². The first-order valence-corrected chi connectivity index (χ1v) is 3.09. The SMILES string of the molecule is C1=CN=C2ONCC2C1. The molecule has 2 rings (SSSR count). The number of hydrogen-bond donors (Lipinski definition) is 1. The van der Waals surface area contributed by atoms with Crippen LogP contribution in [0, 0.1) is 5.92 Å². The highest BCUT2D eigenvalue weighted by Gasteiger charge is 2.24.